The summed E-state index contributed by atoms with van der Waals surface area (Å²) in [5.41, 5.74) is 11.9. The molecule has 3 aromatic rings. The Bertz CT molecular complexity index is 1230. The highest BCUT2D eigenvalue weighted by atomic mass is 16.2. The maximum Gasteiger partial charge on any atom is 0.271 e. The molecule has 0 atom stereocenters. The number of rotatable bonds is 6. The number of carbonyl (C=O) groups is 2. The summed E-state index contributed by atoms with van der Waals surface area (Å²) in [6.07, 6.45) is 0. The van der Waals surface area contributed by atoms with Crippen molar-refractivity contribution in [2.75, 3.05) is 0 Å². The van der Waals surface area contributed by atoms with Gasteiger partial charge in [-0.3, -0.25) is 9.59 Å². The lowest BCUT2D eigenvalue weighted by atomic mass is 9.87. The largest absolute Gasteiger partial charge is 0.271 e. The van der Waals surface area contributed by atoms with Crippen molar-refractivity contribution in [1.29, 1.82) is 0 Å². The van der Waals surface area contributed by atoms with Crippen LogP contribution in [-0.2, 0) is 10.8 Å². The van der Waals surface area contributed by atoms with Gasteiger partial charge >= 0.3 is 0 Å². The van der Waals surface area contributed by atoms with Crippen LogP contribution in [0.15, 0.2) is 83.0 Å². The van der Waals surface area contributed by atoms with Gasteiger partial charge in [0.2, 0.25) is 0 Å². The van der Waals surface area contributed by atoms with Crippen LogP contribution in [0.2, 0.25) is 0 Å². The summed E-state index contributed by atoms with van der Waals surface area (Å²) in [7, 11) is 0. The molecule has 0 saturated carbocycles. The van der Waals surface area contributed by atoms with E-state index in [2.05, 4.69) is 62.6 Å². The average Bonchev–Trinajstić information content (AvgIpc) is 2.89. The molecule has 38 heavy (non-hydrogen) atoms. The standard InChI is InChI=1S/C32H38N4O2/c1-21(33-35-29(37)25-13-17-27(18-14-25)31(3,4)5)23-9-11-24(12-10-23)22(2)34-36-30(38)26-15-19-28(20-16-26)32(6,7)8/h9-20H,1-8H3,(H,35,37)(H,36,38)/b33-21-,34-22?. The first-order valence-corrected chi connectivity index (χ1v) is 12.8. The molecule has 0 aliphatic carbocycles. The van der Waals surface area contributed by atoms with Crippen LogP contribution in [0.1, 0.15) is 98.4 Å². The number of hydrazone groups is 2. The zero-order chi connectivity index (χ0) is 28.1. The van der Waals surface area contributed by atoms with Crippen molar-refractivity contribution in [3.63, 3.8) is 0 Å². The van der Waals surface area contributed by atoms with Crippen LogP contribution in [0.5, 0.6) is 0 Å². The van der Waals surface area contributed by atoms with Gasteiger partial charge in [0.1, 0.15) is 0 Å². The van der Waals surface area contributed by atoms with E-state index in [0.717, 1.165) is 11.1 Å². The highest BCUT2D eigenvalue weighted by molar-refractivity contribution is 6.03. The number of nitrogens with zero attached hydrogens (tertiary/aromatic N) is 2. The normalized spacial score (nSPS) is 12.7. The fourth-order valence-corrected chi connectivity index (χ4v) is 3.72. The van der Waals surface area contributed by atoms with Crippen molar-refractivity contribution < 1.29 is 9.59 Å². The van der Waals surface area contributed by atoms with Gasteiger partial charge in [0.05, 0.1) is 11.4 Å². The predicted octanol–water partition coefficient (Wildman–Crippen LogP) is 6.59. The summed E-state index contributed by atoms with van der Waals surface area (Å²) < 4.78 is 0. The van der Waals surface area contributed by atoms with Gasteiger partial charge in [-0.15, -0.1) is 0 Å². The van der Waals surface area contributed by atoms with Crippen LogP contribution >= 0.6 is 0 Å². The van der Waals surface area contributed by atoms with Crippen molar-refractivity contribution in [3.05, 3.63) is 106 Å². The van der Waals surface area contributed by atoms with Gasteiger partial charge in [-0.25, -0.2) is 10.9 Å². The van der Waals surface area contributed by atoms with Crippen LogP contribution in [0.4, 0.5) is 0 Å². The van der Waals surface area contributed by atoms with Crippen LogP contribution in [-0.4, -0.2) is 23.2 Å². The summed E-state index contributed by atoms with van der Waals surface area (Å²) in [5.74, 6) is -0.513. The second-order valence-corrected chi connectivity index (χ2v) is 11.5. The van der Waals surface area contributed by atoms with E-state index in [1.54, 1.807) is 0 Å². The summed E-state index contributed by atoms with van der Waals surface area (Å²) in [6.45, 7) is 16.5. The molecular formula is C32H38N4O2. The van der Waals surface area contributed by atoms with Gasteiger partial charge < -0.3 is 0 Å². The maximum absolute atomic E-state index is 12.5. The molecule has 2 N–H and O–H groups in total. The lowest BCUT2D eigenvalue weighted by Gasteiger charge is -2.18. The number of carbonyl (C=O) groups excluding carboxylic acids is 2. The Morgan fingerprint density at radius 3 is 1.03 bits per heavy atom. The number of hydrogen-bond acceptors (Lipinski definition) is 4. The predicted molar refractivity (Wildman–Crippen MR) is 156 cm³/mol. The third-order valence-corrected chi connectivity index (χ3v) is 6.40. The highest BCUT2D eigenvalue weighted by Gasteiger charge is 2.15. The number of hydrogen-bond donors (Lipinski definition) is 2. The van der Waals surface area contributed by atoms with Crippen molar-refractivity contribution in [1.82, 2.24) is 10.9 Å². The molecule has 0 radical (unpaired) electrons. The Kier molecular flexibility index (Phi) is 8.67. The summed E-state index contributed by atoms with van der Waals surface area (Å²) >= 11 is 0. The summed E-state index contributed by atoms with van der Waals surface area (Å²) in [5, 5.41) is 8.52. The quantitative estimate of drug-likeness (QED) is 0.290. The third-order valence-electron chi connectivity index (χ3n) is 6.40. The highest BCUT2D eigenvalue weighted by Crippen LogP contribution is 2.23. The summed E-state index contributed by atoms with van der Waals surface area (Å²) in [6, 6.07) is 22.8. The molecule has 0 aliphatic rings. The first-order valence-electron chi connectivity index (χ1n) is 12.8. The Balaban J connectivity index is 1.60. The molecule has 0 bridgehead atoms. The molecule has 3 rings (SSSR count). The maximum atomic E-state index is 12.5. The molecule has 3 aromatic carbocycles. The molecule has 2 amide bonds. The van der Waals surface area contributed by atoms with Crippen LogP contribution in [0.25, 0.3) is 0 Å². The SMILES string of the molecule is CC(=NNC(=O)c1ccc(C(C)(C)C)cc1)c1ccc(/C(C)=N\NC(=O)c2ccc(C(C)(C)C)cc2)cc1. The molecule has 0 heterocycles. The topological polar surface area (TPSA) is 82.9 Å². The van der Waals surface area contributed by atoms with Crippen molar-refractivity contribution in [2.24, 2.45) is 10.2 Å². The minimum absolute atomic E-state index is 0.0307. The van der Waals surface area contributed by atoms with Crippen LogP contribution in [0, 0.1) is 0 Å². The zero-order valence-corrected chi connectivity index (χ0v) is 23.6. The first kappa shape index (κ1) is 28.5. The fraction of sp³-hybridized carbons (Fsp3) is 0.312. The number of nitrogens with one attached hydrogen (secondary N) is 2. The molecule has 0 fully saturated rings. The minimum Gasteiger partial charge on any atom is -0.267 e. The molecule has 198 valence electrons. The van der Waals surface area contributed by atoms with E-state index in [4.69, 9.17) is 0 Å². The lowest BCUT2D eigenvalue weighted by molar-refractivity contribution is 0.0947. The second-order valence-electron chi connectivity index (χ2n) is 11.5. The van der Waals surface area contributed by atoms with Crippen LogP contribution < -0.4 is 10.9 Å². The van der Waals surface area contributed by atoms with Crippen LogP contribution in [0.3, 0.4) is 0 Å². The molecule has 0 aliphatic heterocycles. The van der Waals surface area contributed by atoms with E-state index < -0.39 is 0 Å². The lowest BCUT2D eigenvalue weighted by Crippen LogP contribution is -2.20. The molecule has 0 saturated heterocycles. The number of amides is 2. The van der Waals surface area contributed by atoms with Crippen molar-refractivity contribution in [3.8, 4) is 0 Å². The molecule has 0 spiro atoms. The van der Waals surface area contributed by atoms with E-state index in [-0.39, 0.29) is 22.6 Å². The summed E-state index contributed by atoms with van der Waals surface area (Å²) in [4.78, 5) is 25.0. The van der Waals surface area contributed by atoms with E-state index in [1.807, 2.05) is 86.6 Å². The minimum atomic E-state index is -0.256. The van der Waals surface area contributed by atoms with Gasteiger partial charge in [-0.05, 0) is 71.2 Å². The van der Waals surface area contributed by atoms with E-state index in [0.29, 0.717) is 22.6 Å². The molecule has 6 heteroatoms. The van der Waals surface area contributed by atoms with Gasteiger partial charge in [0.15, 0.2) is 0 Å². The zero-order valence-electron chi connectivity index (χ0n) is 23.6. The van der Waals surface area contributed by atoms with Gasteiger partial charge in [0.25, 0.3) is 11.8 Å². The van der Waals surface area contributed by atoms with Gasteiger partial charge in [-0.1, -0.05) is 90.1 Å². The second kappa shape index (κ2) is 11.5. The Morgan fingerprint density at radius 2 is 0.763 bits per heavy atom. The average molecular weight is 511 g/mol. The molecular weight excluding hydrogens is 472 g/mol. The fourth-order valence-electron chi connectivity index (χ4n) is 3.72. The smallest absolute Gasteiger partial charge is 0.267 e. The van der Waals surface area contributed by atoms with E-state index >= 15 is 0 Å². The van der Waals surface area contributed by atoms with Crippen molar-refractivity contribution >= 4 is 23.2 Å². The number of benzene rings is 3. The van der Waals surface area contributed by atoms with Gasteiger partial charge in [0, 0.05) is 11.1 Å². The Labute approximate surface area is 226 Å². The van der Waals surface area contributed by atoms with Gasteiger partial charge in [-0.2, -0.15) is 10.2 Å². The Hall–Kier alpha value is -4.06. The molecule has 6 nitrogen and oxygen atoms in total. The first-order chi connectivity index (χ1) is 17.8. The monoisotopic (exact) mass is 510 g/mol. The van der Waals surface area contributed by atoms with E-state index in [1.165, 1.54) is 11.1 Å². The molecule has 0 aromatic heterocycles. The third kappa shape index (κ3) is 7.48. The Morgan fingerprint density at radius 1 is 0.500 bits per heavy atom. The van der Waals surface area contributed by atoms with E-state index in [9.17, 15) is 9.59 Å². The van der Waals surface area contributed by atoms with Crippen molar-refractivity contribution in [2.45, 2.75) is 66.2 Å². The molecule has 0 unspecified atom stereocenters.